The van der Waals surface area contributed by atoms with Gasteiger partial charge in [0, 0.05) is 17.6 Å². The summed E-state index contributed by atoms with van der Waals surface area (Å²) in [6, 6.07) is 9.53. The minimum atomic E-state index is 0.688. The van der Waals surface area contributed by atoms with Crippen molar-refractivity contribution in [2.75, 3.05) is 11.1 Å². The molecule has 0 unspecified atom stereocenters. The third-order valence-corrected chi connectivity index (χ3v) is 2.22. The molecule has 0 saturated carbocycles. The number of nitrogens with one attached hydrogen (secondary N) is 1. The van der Waals surface area contributed by atoms with Gasteiger partial charge in [-0.2, -0.15) is 0 Å². The average molecular weight is 214 g/mol. The SMILES string of the molecule is Cc1nccc(CNc2ccc(N)cc2)n1. The summed E-state index contributed by atoms with van der Waals surface area (Å²) in [5.74, 6) is 0.789. The summed E-state index contributed by atoms with van der Waals surface area (Å²) in [7, 11) is 0. The Morgan fingerprint density at radius 2 is 1.94 bits per heavy atom. The number of aryl methyl sites for hydroxylation is 1. The third-order valence-electron chi connectivity index (χ3n) is 2.22. The second-order valence-electron chi connectivity index (χ2n) is 3.57. The standard InChI is InChI=1S/C12H14N4/c1-9-14-7-6-12(16-9)8-15-11-4-2-10(13)3-5-11/h2-7,15H,8,13H2,1H3. The Balaban J connectivity index is 1.99. The Morgan fingerprint density at radius 3 is 2.62 bits per heavy atom. The van der Waals surface area contributed by atoms with Crippen molar-refractivity contribution < 1.29 is 0 Å². The molecule has 0 spiro atoms. The first-order valence-electron chi connectivity index (χ1n) is 5.12. The maximum Gasteiger partial charge on any atom is 0.125 e. The van der Waals surface area contributed by atoms with E-state index >= 15 is 0 Å². The van der Waals surface area contributed by atoms with Gasteiger partial charge in [-0.3, -0.25) is 0 Å². The summed E-state index contributed by atoms with van der Waals surface area (Å²) in [4.78, 5) is 8.36. The summed E-state index contributed by atoms with van der Waals surface area (Å²) in [5.41, 5.74) is 8.38. The lowest BCUT2D eigenvalue weighted by atomic mass is 10.3. The number of anilines is 2. The fraction of sp³-hybridized carbons (Fsp3) is 0.167. The fourth-order valence-corrected chi connectivity index (χ4v) is 1.40. The van der Waals surface area contributed by atoms with E-state index in [0.29, 0.717) is 6.54 Å². The molecule has 82 valence electrons. The number of aromatic nitrogens is 2. The molecular formula is C12H14N4. The number of benzene rings is 1. The van der Waals surface area contributed by atoms with E-state index in [2.05, 4.69) is 15.3 Å². The highest BCUT2D eigenvalue weighted by Gasteiger charge is 1.96. The second kappa shape index (κ2) is 4.61. The first kappa shape index (κ1) is 10.4. The smallest absolute Gasteiger partial charge is 0.125 e. The Morgan fingerprint density at radius 1 is 1.19 bits per heavy atom. The Hall–Kier alpha value is -2.10. The quantitative estimate of drug-likeness (QED) is 0.767. The van der Waals surface area contributed by atoms with Crippen LogP contribution in [-0.2, 0) is 6.54 Å². The van der Waals surface area contributed by atoms with Crippen molar-refractivity contribution in [3.8, 4) is 0 Å². The molecule has 0 bridgehead atoms. The summed E-state index contributed by atoms with van der Waals surface area (Å²) in [6.45, 7) is 2.57. The van der Waals surface area contributed by atoms with Gasteiger partial charge in [0.25, 0.3) is 0 Å². The van der Waals surface area contributed by atoms with Crippen LogP contribution in [0.1, 0.15) is 11.5 Å². The monoisotopic (exact) mass is 214 g/mol. The molecule has 2 rings (SSSR count). The van der Waals surface area contributed by atoms with E-state index in [1.807, 2.05) is 37.3 Å². The molecule has 1 aromatic heterocycles. The molecule has 0 atom stereocenters. The van der Waals surface area contributed by atoms with E-state index in [9.17, 15) is 0 Å². The van der Waals surface area contributed by atoms with E-state index in [0.717, 1.165) is 22.9 Å². The molecule has 16 heavy (non-hydrogen) atoms. The first-order valence-corrected chi connectivity index (χ1v) is 5.12. The molecule has 0 saturated heterocycles. The molecule has 0 aliphatic rings. The molecule has 1 aromatic carbocycles. The highest BCUT2D eigenvalue weighted by atomic mass is 14.9. The van der Waals surface area contributed by atoms with Crippen LogP contribution in [0.2, 0.25) is 0 Å². The molecule has 0 aliphatic heterocycles. The van der Waals surface area contributed by atoms with Crippen LogP contribution in [0.3, 0.4) is 0 Å². The van der Waals surface area contributed by atoms with E-state index in [-0.39, 0.29) is 0 Å². The van der Waals surface area contributed by atoms with Crippen molar-refractivity contribution in [3.63, 3.8) is 0 Å². The number of nitrogen functional groups attached to an aromatic ring is 1. The fourth-order valence-electron chi connectivity index (χ4n) is 1.40. The van der Waals surface area contributed by atoms with Gasteiger partial charge in [-0.25, -0.2) is 9.97 Å². The van der Waals surface area contributed by atoms with Crippen LogP contribution in [-0.4, -0.2) is 9.97 Å². The van der Waals surface area contributed by atoms with Crippen molar-refractivity contribution in [1.82, 2.24) is 9.97 Å². The van der Waals surface area contributed by atoms with Crippen molar-refractivity contribution >= 4 is 11.4 Å². The van der Waals surface area contributed by atoms with Gasteiger partial charge in [-0.1, -0.05) is 0 Å². The van der Waals surface area contributed by atoms with Gasteiger partial charge in [-0.15, -0.1) is 0 Å². The number of nitrogens with zero attached hydrogens (tertiary/aromatic N) is 2. The van der Waals surface area contributed by atoms with E-state index in [4.69, 9.17) is 5.73 Å². The summed E-state index contributed by atoms with van der Waals surface area (Å²) in [5, 5.41) is 3.27. The second-order valence-corrected chi connectivity index (χ2v) is 3.57. The van der Waals surface area contributed by atoms with Crippen molar-refractivity contribution in [2.24, 2.45) is 0 Å². The van der Waals surface area contributed by atoms with Crippen molar-refractivity contribution in [3.05, 3.63) is 48.0 Å². The minimum Gasteiger partial charge on any atom is -0.399 e. The zero-order chi connectivity index (χ0) is 11.4. The van der Waals surface area contributed by atoms with Gasteiger partial charge in [0.15, 0.2) is 0 Å². The predicted octanol–water partition coefficient (Wildman–Crippen LogP) is 1.98. The zero-order valence-electron chi connectivity index (χ0n) is 9.14. The summed E-state index contributed by atoms with van der Waals surface area (Å²) < 4.78 is 0. The molecule has 4 heteroatoms. The normalized spacial score (nSPS) is 10.1. The summed E-state index contributed by atoms with van der Waals surface area (Å²) in [6.07, 6.45) is 1.77. The molecule has 4 nitrogen and oxygen atoms in total. The van der Waals surface area contributed by atoms with E-state index < -0.39 is 0 Å². The van der Waals surface area contributed by atoms with Crippen LogP contribution in [0.15, 0.2) is 36.5 Å². The van der Waals surface area contributed by atoms with Crippen LogP contribution >= 0.6 is 0 Å². The predicted molar refractivity (Wildman–Crippen MR) is 65.0 cm³/mol. The van der Waals surface area contributed by atoms with Crippen molar-refractivity contribution in [2.45, 2.75) is 13.5 Å². The van der Waals surface area contributed by atoms with Crippen LogP contribution in [0.5, 0.6) is 0 Å². The highest BCUT2D eigenvalue weighted by molar-refractivity contribution is 5.51. The number of nitrogens with two attached hydrogens (primary N) is 1. The van der Waals surface area contributed by atoms with E-state index in [1.54, 1.807) is 6.20 Å². The maximum absolute atomic E-state index is 5.61. The Bertz CT molecular complexity index is 465. The molecule has 3 N–H and O–H groups in total. The Kier molecular flexibility index (Phi) is 3.00. The number of rotatable bonds is 3. The third kappa shape index (κ3) is 2.70. The Labute approximate surface area is 94.5 Å². The lowest BCUT2D eigenvalue weighted by Gasteiger charge is -2.06. The van der Waals surface area contributed by atoms with Crippen LogP contribution in [0, 0.1) is 6.92 Å². The molecule has 0 amide bonds. The first-order chi connectivity index (χ1) is 7.74. The largest absolute Gasteiger partial charge is 0.399 e. The topological polar surface area (TPSA) is 63.8 Å². The highest BCUT2D eigenvalue weighted by Crippen LogP contribution is 2.11. The van der Waals surface area contributed by atoms with Gasteiger partial charge in [-0.05, 0) is 37.3 Å². The number of hydrogen-bond acceptors (Lipinski definition) is 4. The lowest BCUT2D eigenvalue weighted by molar-refractivity contribution is 0.955. The van der Waals surface area contributed by atoms with Gasteiger partial charge >= 0.3 is 0 Å². The van der Waals surface area contributed by atoms with Gasteiger partial charge in [0.2, 0.25) is 0 Å². The van der Waals surface area contributed by atoms with Gasteiger partial charge < -0.3 is 11.1 Å². The van der Waals surface area contributed by atoms with Gasteiger partial charge in [0.05, 0.1) is 12.2 Å². The molecule has 2 aromatic rings. The molecule has 0 radical (unpaired) electrons. The van der Waals surface area contributed by atoms with E-state index in [1.165, 1.54) is 0 Å². The molecule has 1 heterocycles. The lowest BCUT2D eigenvalue weighted by Crippen LogP contribution is -2.03. The average Bonchev–Trinajstić information content (AvgIpc) is 2.28. The molecule has 0 aliphatic carbocycles. The molecule has 0 fully saturated rings. The van der Waals surface area contributed by atoms with Crippen LogP contribution < -0.4 is 11.1 Å². The van der Waals surface area contributed by atoms with Crippen LogP contribution in [0.4, 0.5) is 11.4 Å². The summed E-state index contributed by atoms with van der Waals surface area (Å²) >= 11 is 0. The molecular weight excluding hydrogens is 200 g/mol. The minimum absolute atomic E-state index is 0.688. The van der Waals surface area contributed by atoms with Crippen LogP contribution in [0.25, 0.3) is 0 Å². The maximum atomic E-state index is 5.61. The number of hydrogen-bond donors (Lipinski definition) is 2. The zero-order valence-corrected chi connectivity index (χ0v) is 9.14. The van der Waals surface area contributed by atoms with Gasteiger partial charge in [0.1, 0.15) is 5.82 Å². The van der Waals surface area contributed by atoms with Crippen molar-refractivity contribution in [1.29, 1.82) is 0 Å².